The molecule has 0 radical (unpaired) electrons. The Bertz CT molecular complexity index is 283. The van der Waals surface area contributed by atoms with Crippen LogP contribution >= 0.6 is 0 Å². The molecule has 3 nitrogen and oxygen atoms in total. The molecule has 2 N–H and O–H groups in total. The highest BCUT2D eigenvalue weighted by molar-refractivity contribution is 5.48. The average molecular weight is 152 g/mol. The second kappa shape index (κ2) is 2.13. The normalized spacial score (nSPS) is 21.0. The third kappa shape index (κ3) is 0.851. The van der Waals surface area contributed by atoms with Crippen LogP contribution in [-0.4, -0.2) is 16.8 Å². The minimum atomic E-state index is -0.586. The van der Waals surface area contributed by atoms with E-state index >= 15 is 0 Å². The third-order valence-corrected chi connectivity index (χ3v) is 1.77. The maximum absolute atomic E-state index is 9.27. The van der Waals surface area contributed by atoms with Gasteiger partial charge in [-0.3, -0.25) is 0 Å². The topological polar surface area (TPSA) is 49.7 Å². The quantitative estimate of drug-likeness (QED) is 0.578. The molecule has 58 valence electrons. The van der Waals surface area contributed by atoms with E-state index < -0.39 is 6.10 Å². The average Bonchev–Trinajstić information content (AvgIpc) is 2.35. The number of hydrogen-bond acceptors (Lipinski definition) is 3. The lowest BCUT2D eigenvalue weighted by Crippen LogP contribution is -1.97. The van der Waals surface area contributed by atoms with Crippen molar-refractivity contribution in [2.75, 3.05) is 6.61 Å². The van der Waals surface area contributed by atoms with Gasteiger partial charge in [0.1, 0.15) is 12.7 Å². The van der Waals surface area contributed by atoms with Gasteiger partial charge in [0.15, 0.2) is 11.5 Å². The molecule has 1 aliphatic rings. The number of fused-ring (bicyclic) bond motifs is 1. The number of phenolic OH excluding ortho intramolecular Hbond substituents is 1. The molecule has 2 rings (SSSR count). The lowest BCUT2D eigenvalue weighted by Gasteiger charge is -1.99. The molecule has 0 bridgehead atoms. The van der Waals surface area contributed by atoms with Gasteiger partial charge >= 0.3 is 0 Å². The number of ether oxygens (including phenoxy) is 1. The van der Waals surface area contributed by atoms with E-state index in [2.05, 4.69) is 0 Å². The summed E-state index contributed by atoms with van der Waals surface area (Å²) >= 11 is 0. The molecule has 0 fully saturated rings. The number of rotatable bonds is 0. The van der Waals surface area contributed by atoms with Gasteiger partial charge in [-0.15, -0.1) is 0 Å². The Hall–Kier alpha value is -1.22. The summed E-state index contributed by atoms with van der Waals surface area (Å²) in [4.78, 5) is 0. The van der Waals surface area contributed by atoms with Crippen molar-refractivity contribution in [1.82, 2.24) is 0 Å². The van der Waals surface area contributed by atoms with Crippen molar-refractivity contribution in [1.29, 1.82) is 0 Å². The summed E-state index contributed by atoms with van der Waals surface area (Å²) in [5.74, 6) is 0.513. The monoisotopic (exact) mass is 152 g/mol. The highest BCUT2D eigenvalue weighted by Crippen LogP contribution is 2.38. The highest BCUT2D eigenvalue weighted by atomic mass is 16.5. The predicted octanol–water partition coefficient (Wildman–Crippen LogP) is 0.818. The largest absolute Gasteiger partial charge is 0.504 e. The van der Waals surface area contributed by atoms with Crippen molar-refractivity contribution in [2.24, 2.45) is 0 Å². The van der Waals surface area contributed by atoms with Gasteiger partial charge in [-0.1, -0.05) is 12.1 Å². The standard InChI is InChI=1S/C8H8O3/c9-6-3-1-2-5-7(10)4-11-8(5)6/h1-3,7,9-10H,4H2/t7-/m0/s1. The molecule has 0 saturated heterocycles. The van der Waals surface area contributed by atoms with Gasteiger partial charge in [0.2, 0.25) is 0 Å². The van der Waals surface area contributed by atoms with E-state index in [9.17, 15) is 10.2 Å². The molecule has 1 atom stereocenters. The second-order valence-corrected chi connectivity index (χ2v) is 2.52. The first-order valence-electron chi connectivity index (χ1n) is 3.42. The van der Waals surface area contributed by atoms with Gasteiger partial charge in [0, 0.05) is 5.56 Å². The second-order valence-electron chi connectivity index (χ2n) is 2.52. The minimum absolute atomic E-state index is 0.0963. The number of para-hydroxylation sites is 1. The first-order valence-corrected chi connectivity index (χ1v) is 3.42. The minimum Gasteiger partial charge on any atom is -0.504 e. The Morgan fingerprint density at radius 2 is 2.27 bits per heavy atom. The SMILES string of the molecule is Oc1cccc2c1OC[C@@H]2O. The maximum atomic E-state index is 9.27. The van der Waals surface area contributed by atoms with E-state index in [-0.39, 0.29) is 12.4 Å². The fourth-order valence-corrected chi connectivity index (χ4v) is 1.21. The molecule has 0 aliphatic carbocycles. The van der Waals surface area contributed by atoms with Gasteiger partial charge in [-0.25, -0.2) is 0 Å². The zero-order chi connectivity index (χ0) is 7.84. The van der Waals surface area contributed by atoms with Gasteiger partial charge in [0.05, 0.1) is 0 Å². The van der Waals surface area contributed by atoms with Gasteiger partial charge in [-0.05, 0) is 6.07 Å². The smallest absolute Gasteiger partial charge is 0.166 e. The molecule has 1 aromatic carbocycles. The summed E-state index contributed by atoms with van der Waals surface area (Å²) < 4.78 is 5.04. The van der Waals surface area contributed by atoms with E-state index in [1.807, 2.05) is 0 Å². The molecule has 1 heterocycles. The molecule has 0 unspecified atom stereocenters. The predicted molar refractivity (Wildman–Crippen MR) is 38.6 cm³/mol. The van der Waals surface area contributed by atoms with Crippen molar-refractivity contribution < 1.29 is 14.9 Å². The Morgan fingerprint density at radius 1 is 1.45 bits per heavy atom. The molecule has 3 heteroatoms. The van der Waals surface area contributed by atoms with Gasteiger partial charge in [-0.2, -0.15) is 0 Å². The first kappa shape index (κ1) is 6.49. The van der Waals surface area contributed by atoms with Crippen LogP contribution in [0.25, 0.3) is 0 Å². The van der Waals surface area contributed by atoms with Gasteiger partial charge in [0.25, 0.3) is 0 Å². The van der Waals surface area contributed by atoms with Crippen LogP contribution in [0.1, 0.15) is 11.7 Å². The van der Waals surface area contributed by atoms with Crippen LogP contribution < -0.4 is 4.74 Å². The Morgan fingerprint density at radius 3 is 3.00 bits per heavy atom. The van der Waals surface area contributed by atoms with E-state index in [1.54, 1.807) is 12.1 Å². The number of phenols is 1. The lowest BCUT2D eigenvalue weighted by molar-refractivity contribution is 0.140. The fourth-order valence-electron chi connectivity index (χ4n) is 1.21. The van der Waals surface area contributed by atoms with Crippen molar-refractivity contribution >= 4 is 0 Å². The molecule has 0 saturated carbocycles. The highest BCUT2D eigenvalue weighted by Gasteiger charge is 2.23. The molecule has 11 heavy (non-hydrogen) atoms. The Balaban J connectivity index is 2.57. The summed E-state index contributed by atoms with van der Waals surface area (Å²) in [6.45, 7) is 0.243. The van der Waals surface area contributed by atoms with Crippen molar-refractivity contribution in [3.63, 3.8) is 0 Å². The zero-order valence-corrected chi connectivity index (χ0v) is 5.82. The number of aliphatic hydroxyl groups excluding tert-OH is 1. The fraction of sp³-hybridized carbons (Fsp3) is 0.250. The number of aromatic hydroxyl groups is 1. The Kier molecular flexibility index (Phi) is 1.26. The van der Waals surface area contributed by atoms with Crippen molar-refractivity contribution in [2.45, 2.75) is 6.10 Å². The molecule has 0 amide bonds. The maximum Gasteiger partial charge on any atom is 0.166 e. The van der Waals surface area contributed by atoms with E-state index in [0.717, 1.165) is 0 Å². The molecule has 1 aromatic rings. The van der Waals surface area contributed by atoms with Crippen LogP contribution in [0.2, 0.25) is 0 Å². The van der Waals surface area contributed by atoms with Crippen molar-refractivity contribution in [3.05, 3.63) is 23.8 Å². The van der Waals surface area contributed by atoms with Crippen LogP contribution in [0, 0.1) is 0 Å². The van der Waals surface area contributed by atoms with E-state index in [1.165, 1.54) is 6.07 Å². The zero-order valence-electron chi connectivity index (χ0n) is 5.82. The van der Waals surface area contributed by atoms with E-state index in [4.69, 9.17) is 4.74 Å². The number of hydrogen-bond donors (Lipinski definition) is 2. The van der Waals surface area contributed by atoms with Crippen LogP contribution in [0.15, 0.2) is 18.2 Å². The summed E-state index contributed by atoms with van der Waals surface area (Å²) in [5.41, 5.74) is 0.671. The Labute approximate surface area is 63.9 Å². The van der Waals surface area contributed by atoms with Crippen LogP contribution in [0.4, 0.5) is 0 Å². The summed E-state index contributed by atoms with van der Waals surface area (Å²) in [6.07, 6.45) is -0.586. The number of benzene rings is 1. The van der Waals surface area contributed by atoms with Crippen molar-refractivity contribution in [3.8, 4) is 11.5 Å². The summed E-state index contributed by atoms with van der Waals surface area (Å²) in [5, 5.41) is 18.5. The van der Waals surface area contributed by atoms with Crippen LogP contribution in [0.5, 0.6) is 11.5 Å². The van der Waals surface area contributed by atoms with Gasteiger partial charge < -0.3 is 14.9 Å². The third-order valence-electron chi connectivity index (χ3n) is 1.77. The molecular weight excluding hydrogens is 144 g/mol. The molecular formula is C8H8O3. The number of aliphatic hydroxyl groups is 1. The van der Waals surface area contributed by atoms with Crippen LogP contribution in [-0.2, 0) is 0 Å². The first-order chi connectivity index (χ1) is 5.29. The lowest BCUT2D eigenvalue weighted by atomic mass is 10.1. The van der Waals surface area contributed by atoms with E-state index in [0.29, 0.717) is 11.3 Å². The molecule has 1 aliphatic heterocycles. The summed E-state index contributed by atoms with van der Waals surface area (Å²) in [6, 6.07) is 4.97. The van der Waals surface area contributed by atoms with Crippen LogP contribution in [0.3, 0.4) is 0 Å². The summed E-state index contributed by atoms with van der Waals surface area (Å²) in [7, 11) is 0. The molecule has 0 aromatic heterocycles. The molecule has 0 spiro atoms.